The van der Waals surface area contributed by atoms with Crippen molar-refractivity contribution in [2.45, 2.75) is 38.5 Å². The first kappa shape index (κ1) is 8.89. The van der Waals surface area contributed by atoms with Crippen molar-refractivity contribution in [2.24, 2.45) is 11.3 Å². The zero-order valence-corrected chi connectivity index (χ0v) is 8.99. The zero-order chi connectivity index (χ0) is 8.77. The molecule has 12 heavy (non-hydrogen) atoms. The van der Waals surface area contributed by atoms with Crippen LogP contribution in [-0.4, -0.2) is 23.7 Å². The van der Waals surface area contributed by atoms with Crippen molar-refractivity contribution in [3.05, 3.63) is 0 Å². The summed E-state index contributed by atoms with van der Waals surface area (Å²) in [5.74, 6) is 2.05. The summed E-state index contributed by atoms with van der Waals surface area (Å²) in [5, 5.41) is 0.775. The fraction of sp³-hybridized carbons (Fsp3) is 1.00. The Morgan fingerprint density at radius 1 is 1.50 bits per heavy atom. The highest BCUT2D eigenvalue weighted by Crippen LogP contribution is 2.50. The average Bonchev–Trinajstić information content (AvgIpc) is 2.54. The topological polar surface area (TPSA) is 9.23 Å². The summed E-state index contributed by atoms with van der Waals surface area (Å²) in [6, 6.07) is 0. The molecule has 0 spiro atoms. The van der Waals surface area contributed by atoms with Crippen LogP contribution in [0.25, 0.3) is 0 Å². The summed E-state index contributed by atoms with van der Waals surface area (Å²) in [7, 11) is 0. The molecule has 70 valence electrons. The van der Waals surface area contributed by atoms with Crippen LogP contribution in [0.15, 0.2) is 0 Å². The highest BCUT2D eigenvalue weighted by Gasteiger charge is 2.50. The molecular formula is C10H18OS. The van der Waals surface area contributed by atoms with E-state index in [0.29, 0.717) is 11.5 Å². The third-order valence-electron chi connectivity index (χ3n) is 3.61. The fourth-order valence-electron chi connectivity index (χ4n) is 2.22. The van der Waals surface area contributed by atoms with Gasteiger partial charge in [0, 0.05) is 10.7 Å². The number of hydrogen-bond donors (Lipinski definition) is 0. The van der Waals surface area contributed by atoms with E-state index in [2.05, 4.69) is 32.5 Å². The van der Waals surface area contributed by atoms with Gasteiger partial charge in [-0.2, -0.15) is 11.8 Å². The number of hydrogen-bond acceptors (Lipinski definition) is 2. The molecular weight excluding hydrogens is 168 g/mol. The van der Waals surface area contributed by atoms with Crippen molar-refractivity contribution in [3.63, 3.8) is 0 Å². The standard InChI is InChI=1S/C10H18OS/c1-7(2)10(3)6-11-8-4-5-12-9(8)10/h7-9H,4-6H2,1-3H3. The Morgan fingerprint density at radius 3 is 2.92 bits per heavy atom. The minimum Gasteiger partial charge on any atom is -0.376 e. The number of thioether (sulfide) groups is 1. The lowest BCUT2D eigenvalue weighted by Crippen LogP contribution is -2.34. The third-order valence-corrected chi connectivity index (χ3v) is 5.29. The fourth-order valence-corrected chi connectivity index (χ4v) is 3.99. The molecule has 0 aromatic carbocycles. The van der Waals surface area contributed by atoms with Gasteiger partial charge in [-0.3, -0.25) is 0 Å². The van der Waals surface area contributed by atoms with Gasteiger partial charge in [-0.05, 0) is 18.1 Å². The molecule has 2 fully saturated rings. The van der Waals surface area contributed by atoms with Crippen LogP contribution in [0.1, 0.15) is 27.2 Å². The highest BCUT2D eigenvalue weighted by atomic mass is 32.2. The minimum absolute atomic E-state index is 0.436. The van der Waals surface area contributed by atoms with Gasteiger partial charge in [0.25, 0.3) is 0 Å². The van der Waals surface area contributed by atoms with Gasteiger partial charge >= 0.3 is 0 Å². The lowest BCUT2D eigenvalue weighted by molar-refractivity contribution is 0.0876. The van der Waals surface area contributed by atoms with E-state index in [1.165, 1.54) is 12.2 Å². The molecule has 2 aliphatic rings. The molecule has 0 aliphatic carbocycles. The van der Waals surface area contributed by atoms with Crippen molar-refractivity contribution in [1.29, 1.82) is 0 Å². The van der Waals surface area contributed by atoms with Crippen LogP contribution in [0.5, 0.6) is 0 Å². The van der Waals surface area contributed by atoms with E-state index in [1.807, 2.05) is 0 Å². The van der Waals surface area contributed by atoms with Gasteiger partial charge in [0.15, 0.2) is 0 Å². The van der Waals surface area contributed by atoms with Gasteiger partial charge in [-0.15, -0.1) is 0 Å². The third kappa shape index (κ3) is 1.12. The van der Waals surface area contributed by atoms with Gasteiger partial charge in [0.2, 0.25) is 0 Å². The molecule has 3 atom stereocenters. The maximum Gasteiger partial charge on any atom is 0.0708 e. The molecule has 2 heteroatoms. The number of fused-ring (bicyclic) bond motifs is 1. The molecule has 0 bridgehead atoms. The maximum absolute atomic E-state index is 5.83. The summed E-state index contributed by atoms with van der Waals surface area (Å²) >= 11 is 2.12. The second kappa shape index (κ2) is 2.91. The second-order valence-corrected chi connectivity index (χ2v) is 5.84. The van der Waals surface area contributed by atoms with Crippen LogP contribution in [0, 0.1) is 11.3 Å². The van der Waals surface area contributed by atoms with E-state index in [9.17, 15) is 0 Å². The maximum atomic E-state index is 5.83. The zero-order valence-electron chi connectivity index (χ0n) is 8.17. The lowest BCUT2D eigenvalue weighted by Gasteiger charge is -2.32. The van der Waals surface area contributed by atoms with E-state index < -0.39 is 0 Å². The first-order valence-corrected chi connectivity index (χ1v) is 5.92. The number of ether oxygens (including phenoxy) is 1. The van der Waals surface area contributed by atoms with Crippen molar-refractivity contribution in [1.82, 2.24) is 0 Å². The normalized spacial score (nSPS) is 47.0. The van der Waals surface area contributed by atoms with E-state index in [-0.39, 0.29) is 0 Å². The van der Waals surface area contributed by atoms with Crippen molar-refractivity contribution in [3.8, 4) is 0 Å². The first-order chi connectivity index (χ1) is 5.64. The molecule has 0 aromatic heterocycles. The van der Waals surface area contributed by atoms with Crippen molar-refractivity contribution >= 4 is 11.8 Å². The molecule has 2 saturated heterocycles. The Bertz CT molecular complexity index is 181. The van der Waals surface area contributed by atoms with Crippen LogP contribution < -0.4 is 0 Å². The van der Waals surface area contributed by atoms with Gasteiger partial charge in [-0.1, -0.05) is 20.8 Å². The second-order valence-electron chi connectivity index (χ2n) is 4.59. The van der Waals surface area contributed by atoms with Gasteiger partial charge in [0.1, 0.15) is 0 Å². The summed E-state index contributed by atoms with van der Waals surface area (Å²) in [6.45, 7) is 8.02. The Hall–Kier alpha value is 0.310. The van der Waals surface area contributed by atoms with Crippen LogP contribution in [0.3, 0.4) is 0 Å². The summed E-state index contributed by atoms with van der Waals surface area (Å²) in [4.78, 5) is 0. The Labute approximate surface area is 79.2 Å². The summed E-state index contributed by atoms with van der Waals surface area (Å²) < 4.78 is 5.83. The summed E-state index contributed by atoms with van der Waals surface area (Å²) in [5.41, 5.74) is 0.436. The molecule has 3 unspecified atom stereocenters. The molecule has 2 aliphatic heterocycles. The monoisotopic (exact) mass is 186 g/mol. The van der Waals surface area contributed by atoms with Gasteiger partial charge in [0.05, 0.1) is 12.7 Å². The van der Waals surface area contributed by atoms with Gasteiger partial charge < -0.3 is 4.74 Å². The first-order valence-electron chi connectivity index (χ1n) is 4.88. The molecule has 1 nitrogen and oxygen atoms in total. The van der Waals surface area contributed by atoms with Crippen molar-refractivity contribution < 1.29 is 4.74 Å². The van der Waals surface area contributed by atoms with Crippen LogP contribution in [0.4, 0.5) is 0 Å². The molecule has 2 rings (SSSR count). The van der Waals surface area contributed by atoms with Crippen molar-refractivity contribution in [2.75, 3.05) is 12.4 Å². The van der Waals surface area contributed by atoms with E-state index in [4.69, 9.17) is 4.74 Å². The molecule has 0 saturated carbocycles. The Morgan fingerprint density at radius 2 is 2.25 bits per heavy atom. The minimum atomic E-state index is 0.436. The predicted molar refractivity (Wildman–Crippen MR) is 53.5 cm³/mol. The molecule has 0 radical (unpaired) electrons. The molecule has 0 aromatic rings. The van der Waals surface area contributed by atoms with Crippen LogP contribution >= 0.6 is 11.8 Å². The average molecular weight is 186 g/mol. The Kier molecular flexibility index (Phi) is 2.16. The predicted octanol–water partition coefficient (Wildman–Crippen LogP) is 2.55. The largest absolute Gasteiger partial charge is 0.376 e. The summed E-state index contributed by atoms with van der Waals surface area (Å²) in [6.07, 6.45) is 1.85. The SMILES string of the molecule is CC(C)C1(C)COC2CCSC21. The highest BCUT2D eigenvalue weighted by molar-refractivity contribution is 8.00. The van der Waals surface area contributed by atoms with Crippen LogP contribution in [-0.2, 0) is 4.74 Å². The molecule has 0 amide bonds. The van der Waals surface area contributed by atoms with Crippen LogP contribution in [0.2, 0.25) is 0 Å². The molecule has 2 heterocycles. The Balaban J connectivity index is 2.17. The lowest BCUT2D eigenvalue weighted by atomic mass is 9.77. The smallest absolute Gasteiger partial charge is 0.0708 e. The van der Waals surface area contributed by atoms with Gasteiger partial charge in [-0.25, -0.2) is 0 Å². The van der Waals surface area contributed by atoms with E-state index in [1.54, 1.807) is 0 Å². The quantitative estimate of drug-likeness (QED) is 0.622. The molecule has 0 N–H and O–H groups in total. The van der Waals surface area contributed by atoms with E-state index in [0.717, 1.165) is 17.8 Å². The number of rotatable bonds is 1. The van der Waals surface area contributed by atoms with E-state index >= 15 is 0 Å².